The van der Waals surface area contributed by atoms with E-state index in [1.54, 1.807) is 0 Å². The Hall–Kier alpha value is -1.35. The van der Waals surface area contributed by atoms with Gasteiger partial charge in [-0.25, -0.2) is 0 Å². The van der Waals surface area contributed by atoms with Crippen LogP contribution in [0.5, 0.6) is 0 Å². The van der Waals surface area contributed by atoms with Crippen LogP contribution in [0.15, 0.2) is 12.1 Å². The van der Waals surface area contributed by atoms with Gasteiger partial charge in [0.25, 0.3) is 0 Å². The fourth-order valence-electron chi connectivity index (χ4n) is 3.02. The largest absolute Gasteiger partial charge is 0.343 e. The molecule has 0 spiro atoms. The number of likely N-dealkylation sites (tertiary alicyclic amines) is 1. The zero-order valence-electron chi connectivity index (χ0n) is 13.0. The van der Waals surface area contributed by atoms with Gasteiger partial charge in [-0.3, -0.25) is 4.79 Å². The van der Waals surface area contributed by atoms with E-state index in [-0.39, 0.29) is 0 Å². The van der Waals surface area contributed by atoms with Crippen LogP contribution >= 0.6 is 0 Å². The van der Waals surface area contributed by atoms with Gasteiger partial charge < -0.3 is 10.2 Å². The van der Waals surface area contributed by atoms with Crippen LogP contribution in [0.4, 0.5) is 0 Å². The summed E-state index contributed by atoms with van der Waals surface area (Å²) in [6.07, 6.45) is 2.95. The van der Waals surface area contributed by atoms with Crippen LogP contribution in [0, 0.1) is 20.8 Å². The number of aryl methyl sites for hydroxylation is 3. The number of benzene rings is 1. The Bertz CT molecular complexity index is 453. The standard InChI is InChI=1S/C17H26N2O/c1-13-10-14(2)16(15(3)11-13)12-18-7-6-17(20)19-8-4-5-9-19/h10-11,18H,4-9,12H2,1-3H3. The Morgan fingerprint density at radius 2 is 1.75 bits per heavy atom. The SMILES string of the molecule is Cc1cc(C)c(CNCCC(=O)N2CCCC2)c(C)c1. The summed E-state index contributed by atoms with van der Waals surface area (Å²) in [5.74, 6) is 0.298. The highest BCUT2D eigenvalue weighted by atomic mass is 16.2. The third kappa shape index (κ3) is 3.83. The highest BCUT2D eigenvalue weighted by molar-refractivity contribution is 5.76. The summed E-state index contributed by atoms with van der Waals surface area (Å²) in [6, 6.07) is 4.44. The summed E-state index contributed by atoms with van der Waals surface area (Å²) in [7, 11) is 0. The van der Waals surface area contributed by atoms with Crippen molar-refractivity contribution < 1.29 is 4.79 Å². The van der Waals surface area contributed by atoms with Gasteiger partial charge in [-0.1, -0.05) is 17.7 Å². The molecule has 110 valence electrons. The molecule has 1 aromatic rings. The van der Waals surface area contributed by atoms with E-state index in [0.29, 0.717) is 12.3 Å². The van der Waals surface area contributed by atoms with Crippen molar-refractivity contribution >= 4 is 5.91 Å². The molecule has 1 aliphatic heterocycles. The predicted octanol–water partition coefficient (Wildman–Crippen LogP) is 2.71. The third-order valence-corrected chi connectivity index (χ3v) is 4.12. The lowest BCUT2D eigenvalue weighted by molar-refractivity contribution is -0.130. The average molecular weight is 274 g/mol. The van der Waals surface area contributed by atoms with Gasteiger partial charge in [-0.2, -0.15) is 0 Å². The Morgan fingerprint density at radius 3 is 2.35 bits per heavy atom. The molecule has 0 bridgehead atoms. The van der Waals surface area contributed by atoms with Crippen LogP contribution in [0.2, 0.25) is 0 Å². The quantitative estimate of drug-likeness (QED) is 0.837. The Kier molecular flexibility index (Phi) is 5.18. The van der Waals surface area contributed by atoms with Gasteiger partial charge in [-0.15, -0.1) is 0 Å². The molecule has 1 fully saturated rings. The Morgan fingerprint density at radius 1 is 1.15 bits per heavy atom. The van der Waals surface area contributed by atoms with Crippen molar-refractivity contribution in [1.29, 1.82) is 0 Å². The summed E-state index contributed by atoms with van der Waals surface area (Å²) >= 11 is 0. The maximum absolute atomic E-state index is 11.9. The summed E-state index contributed by atoms with van der Waals surface area (Å²) in [5, 5.41) is 3.41. The van der Waals surface area contributed by atoms with Crippen LogP contribution in [0.25, 0.3) is 0 Å². The molecule has 1 aromatic carbocycles. The lowest BCUT2D eigenvalue weighted by Gasteiger charge is -2.16. The number of nitrogens with zero attached hydrogens (tertiary/aromatic N) is 1. The van der Waals surface area contributed by atoms with Crippen molar-refractivity contribution in [3.8, 4) is 0 Å². The number of rotatable bonds is 5. The molecule has 1 amide bonds. The van der Waals surface area contributed by atoms with Crippen molar-refractivity contribution in [2.45, 2.75) is 46.6 Å². The molecule has 3 heteroatoms. The highest BCUT2D eigenvalue weighted by Crippen LogP contribution is 2.16. The Balaban J connectivity index is 1.77. The predicted molar refractivity (Wildman–Crippen MR) is 82.8 cm³/mol. The first-order chi connectivity index (χ1) is 9.58. The molecular weight excluding hydrogens is 248 g/mol. The molecule has 1 N–H and O–H groups in total. The molecule has 0 radical (unpaired) electrons. The zero-order chi connectivity index (χ0) is 14.5. The second-order valence-corrected chi connectivity index (χ2v) is 5.89. The Labute approximate surface area is 122 Å². The third-order valence-electron chi connectivity index (χ3n) is 4.12. The number of carbonyl (C=O) groups excluding carboxylic acids is 1. The first-order valence-corrected chi connectivity index (χ1v) is 7.63. The van der Waals surface area contributed by atoms with Crippen molar-refractivity contribution in [2.75, 3.05) is 19.6 Å². The number of carbonyl (C=O) groups is 1. The molecule has 0 aliphatic carbocycles. The second-order valence-electron chi connectivity index (χ2n) is 5.89. The van der Waals surface area contributed by atoms with Crippen molar-refractivity contribution in [3.63, 3.8) is 0 Å². The van der Waals surface area contributed by atoms with E-state index >= 15 is 0 Å². The minimum Gasteiger partial charge on any atom is -0.343 e. The molecule has 20 heavy (non-hydrogen) atoms. The molecule has 3 nitrogen and oxygen atoms in total. The van der Waals surface area contributed by atoms with Gasteiger partial charge in [0.1, 0.15) is 0 Å². The van der Waals surface area contributed by atoms with Crippen molar-refractivity contribution in [1.82, 2.24) is 10.2 Å². The van der Waals surface area contributed by atoms with Crippen molar-refractivity contribution in [3.05, 3.63) is 34.4 Å². The molecule has 0 unspecified atom stereocenters. The summed E-state index contributed by atoms with van der Waals surface area (Å²) in [6.45, 7) is 9.97. The number of nitrogens with one attached hydrogen (secondary N) is 1. The van der Waals surface area contributed by atoms with Crippen LogP contribution < -0.4 is 5.32 Å². The molecule has 1 aliphatic rings. The monoisotopic (exact) mass is 274 g/mol. The van der Waals surface area contributed by atoms with E-state index in [1.165, 1.54) is 35.1 Å². The van der Waals surface area contributed by atoms with E-state index in [4.69, 9.17) is 0 Å². The second kappa shape index (κ2) is 6.89. The topological polar surface area (TPSA) is 32.3 Å². The number of hydrogen-bond donors (Lipinski definition) is 1. The summed E-state index contributed by atoms with van der Waals surface area (Å²) in [4.78, 5) is 13.9. The molecule has 0 aromatic heterocycles. The van der Waals surface area contributed by atoms with Crippen molar-refractivity contribution in [2.24, 2.45) is 0 Å². The zero-order valence-corrected chi connectivity index (χ0v) is 13.0. The average Bonchev–Trinajstić information content (AvgIpc) is 2.90. The van der Waals surface area contributed by atoms with E-state index in [1.807, 2.05) is 4.90 Å². The smallest absolute Gasteiger partial charge is 0.223 e. The highest BCUT2D eigenvalue weighted by Gasteiger charge is 2.16. The normalized spacial score (nSPS) is 14.8. The summed E-state index contributed by atoms with van der Waals surface area (Å²) in [5.41, 5.74) is 5.35. The van der Waals surface area contributed by atoms with Gasteiger partial charge in [0.05, 0.1) is 0 Å². The van der Waals surface area contributed by atoms with Gasteiger partial charge >= 0.3 is 0 Å². The fraction of sp³-hybridized carbons (Fsp3) is 0.588. The maximum atomic E-state index is 11.9. The molecule has 0 saturated carbocycles. The lowest BCUT2D eigenvalue weighted by atomic mass is 10.00. The van der Waals surface area contributed by atoms with E-state index in [9.17, 15) is 4.79 Å². The minimum atomic E-state index is 0.298. The van der Waals surface area contributed by atoms with E-state index < -0.39 is 0 Å². The minimum absolute atomic E-state index is 0.298. The first-order valence-electron chi connectivity index (χ1n) is 7.63. The van der Waals surface area contributed by atoms with Gasteiger partial charge in [0.2, 0.25) is 5.91 Å². The lowest BCUT2D eigenvalue weighted by Crippen LogP contribution is -2.30. The molecule has 0 atom stereocenters. The number of amides is 1. The maximum Gasteiger partial charge on any atom is 0.223 e. The van der Waals surface area contributed by atoms with Crippen LogP contribution in [-0.2, 0) is 11.3 Å². The van der Waals surface area contributed by atoms with E-state index in [0.717, 1.165) is 26.2 Å². The van der Waals surface area contributed by atoms with Crippen LogP contribution in [0.1, 0.15) is 41.5 Å². The van der Waals surface area contributed by atoms with Crippen LogP contribution in [-0.4, -0.2) is 30.4 Å². The van der Waals surface area contributed by atoms with Gasteiger partial charge in [-0.05, 0) is 50.3 Å². The van der Waals surface area contributed by atoms with E-state index in [2.05, 4.69) is 38.2 Å². The van der Waals surface area contributed by atoms with Crippen LogP contribution in [0.3, 0.4) is 0 Å². The first kappa shape index (κ1) is 15.0. The van der Waals surface area contributed by atoms with Gasteiger partial charge in [0, 0.05) is 32.6 Å². The molecule has 1 saturated heterocycles. The summed E-state index contributed by atoms with van der Waals surface area (Å²) < 4.78 is 0. The fourth-order valence-corrected chi connectivity index (χ4v) is 3.02. The molecule has 1 heterocycles. The molecule has 2 rings (SSSR count). The van der Waals surface area contributed by atoms with Gasteiger partial charge in [0.15, 0.2) is 0 Å². The number of hydrogen-bond acceptors (Lipinski definition) is 2. The molecular formula is C17H26N2O.